The van der Waals surface area contributed by atoms with Crippen LogP contribution in [-0.4, -0.2) is 69.6 Å². The van der Waals surface area contributed by atoms with E-state index >= 15 is 0 Å². The van der Waals surface area contributed by atoms with E-state index in [1.807, 2.05) is 54.0 Å². The zero-order chi connectivity index (χ0) is 21.3. The van der Waals surface area contributed by atoms with E-state index in [9.17, 15) is 14.7 Å². The van der Waals surface area contributed by atoms with Crippen LogP contribution < -0.4 is 0 Å². The lowest BCUT2D eigenvalue weighted by Gasteiger charge is -2.28. The van der Waals surface area contributed by atoms with E-state index in [-0.39, 0.29) is 36.7 Å². The van der Waals surface area contributed by atoms with Gasteiger partial charge >= 0.3 is 0 Å². The smallest absolute Gasteiger partial charge is 0.227 e. The predicted octanol–water partition coefficient (Wildman–Crippen LogP) is 1.60. The lowest BCUT2D eigenvalue weighted by Crippen LogP contribution is -2.41. The molecule has 0 spiro atoms. The van der Waals surface area contributed by atoms with Gasteiger partial charge in [-0.1, -0.05) is 49.3 Å². The Hall–Kier alpha value is -2.74. The van der Waals surface area contributed by atoms with Gasteiger partial charge in [0.1, 0.15) is 0 Å². The van der Waals surface area contributed by atoms with Gasteiger partial charge < -0.3 is 19.4 Å². The molecule has 2 aliphatic heterocycles. The number of nitrogens with zero attached hydrogens (tertiary/aromatic N) is 4. The highest BCUT2D eigenvalue weighted by molar-refractivity contribution is 5.79. The summed E-state index contributed by atoms with van der Waals surface area (Å²) >= 11 is 0. The molecule has 160 valence electrons. The summed E-state index contributed by atoms with van der Waals surface area (Å²) in [6.07, 6.45) is 0.656. The normalized spacial score (nSPS) is 23.3. The second-order valence-corrected chi connectivity index (χ2v) is 8.74. The summed E-state index contributed by atoms with van der Waals surface area (Å²) < 4.78 is 5.29. The fourth-order valence-corrected chi connectivity index (χ4v) is 4.56. The van der Waals surface area contributed by atoms with Crippen LogP contribution in [0.5, 0.6) is 0 Å². The monoisotopic (exact) mass is 412 g/mol. The number of aliphatic hydroxyl groups is 1. The fraction of sp³-hybridized carbons (Fsp3) is 0.545. The summed E-state index contributed by atoms with van der Waals surface area (Å²) in [5.41, 5.74) is 0.460. The van der Waals surface area contributed by atoms with Gasteiger partial charge in [0.05, 0.1) is 6.61 Å². The van der Waals surface area contributed by atoms with Crippen LogP contribution in [-0.2, 0) is 16.0 Å². The molecule has 4 rings (SSSR count). The summed E-state index contributed by atoms with van der Waals surface area (Å²) in [5.74, 6) is 1.13. The van der Waals surface area contributed by atoms with E-state index in [1.165, 1.54) is 0 Å². The van der Waals surface area contributed by atoms with E-state index in [2.05, 4.69) is 10.1 Å². The molecule has 1 N–H and O–H groups in total. The number of hydrogen-bond donors (Lipinski definition) is 1. The molecule has 8 heteroatoms. The van der Waals surface area contributed by atoms with E-state index in [0.29, 0.717) is 44.3 Å². The molecule has 8 nitrogen and oxygen atoms in total. The zero-order valence-corrected chi connectivity index (χ0v) is 17.5. The molecule has 1 aromatic heterocycles. The molecule has 2 amide bonds. The molecule has 2 saturated heterocycles. The predicted molar refractivity (Wildman–Crippen MR) is 109 cm³/mol. The number of aliphatic hydroxyl groups excluding tert-OH is 1. The Bertz CT molecular complexity index is 913. The maximum atomic E-state index is 12.8. The highest BCUT2D eigenvalue weighted by atomic mass is 16.5. The van der Waals surface area contributed by atoms with Gasteiger partial charge in [0.15, 0.2) is 0 Å². The SMILES string of the molecule is CC(C)C(=O)N1C[C@@H]2CN(C(=O)CCc3nc(-c4ccccc4)no3)C[C@]2(CO)C1. The lowest BCUT2D eigenvalue weighted by molar-refractivity contribution is -0.134. The second kappa shape index (κ2) is 8.18. The molecule has 0 saturated carbocycles. The van der Waals surface area contributed by atoms with Crippen LogP contribution in [0.2, 0.25) is 0 Å². The summed E-state index contributed by atoms with van der Waals surface area (Å²) in [5, 5.41) is 14.1. The van der Waals surface area contributed by atoms with Crippen LogP contribution in [0.15, 0.2) is 34.9 Å². The third-order valence-electron chi connectivity index (χ3n) is 6.29. The minimum absolute atomic E-state index is 0.0124. The number of aromatic nitrogens is 2. The number of rotatable bonds is 6. The Labute approximate surface area is 175 Å². The number of benzene rings is 1. The molecular weight excluding hydrogens is 384 g/mol. The number of likely N-dealkylation sites (tertiary alicyclic amines) is 2. The number of carbonyl (C=O) groups excluding carboxylic acids is 2. The fourth-order valence-electron chi connectivity index (χ4n) is 4.56. The highest BCUT2D eigenvalue weighted by Gasteiger charge is 2.54. The maximum absolute atomic E-state index is 12.8. The number of amides is 2. The molecule has 3 heterocycles. The van der Waals surface area contributed by atoms with Crippen LogP contribution in [0.4, 0.5) is 0 Å². The molecule has 2 aromatic rings. The largest absolute Gasteiger partial charge is 0.396 e. The highest BCUT2D eigenvalue weighted by Crippen LogP contribution is 2.42. The van der Waals surface area contributed by atoms with Crippen molar-refractivity contribution in [3.05, 3.63) is 36.2 Å². The maximum Gasteiger partial charge on any atom is 0.227 e. The molecular formula is C22H28N4O4. The van der Waals surface area contributed by atoms with Crippen LogP contribution in [0, 0.1) is 17.3 Å². The molecule has 2 aliphatic rings. The molecule has 1 aromatic carbocycles. The Morgan fingerprint density at radius 3 is 2.57 bits per heavy atom. The lowest BCUT2D eigenvalue weighted by atomic mass is 9.82. The van der Waals surface area contributed by atoms with E-state index in [4.69, 9.17) is 4.52 Å². The third-order valence-corrected chi connectivity index (χ3v) is 6.29. The van der Waals surface area contributed by atoms with Crippen molar-refractivity contribution in [2.75, 3.05) is 32.8 Å². The average Bonchev–Trinajstić information content (AvgIpc) is 3.44. The van der Waals surface area contributed by atoms with Gasteiger partial charge in [-0.25, -0.2) is 0 Å². The van der Waals surface area contributed by atoms with Crippen LogP contribution in [0.3, 0.4) is 0 Å². The minimum Gasteiger partial charge on any atom is -0.396 e. The summed E-state index contributed by atoms with van der Waals surface area (Å²) in [6.45, 7) is 5.92. The van der Waals surface area contributed by atoms with Crippen molar-refractivity contribution < 1.29 is 19.2 Å². The van der Waals surface area contributed by atoms with Gasteiger partial charge in [0.25, 0.3) is 0 Å². The molecule has 0 aliphatic carbocycles. The van der Waals surface area contributed by atoms with Crippen LogP contribution in [0.25, 0.3) is 11.4 Å². The van der Waals surface area contributed by atoms with Gasteiger partial charge in [-0.05, 0) is 0 Å². The second-order valence-electron chi connectivity index (χ2n) is 8.74. The minimum atomic E-state index is -0.412. The van der Waals surface area contributed by atoms with Gasteiger partial charge in [0.2, 0.25) is 23.5 Å². The van der Waals surface area contributed by atoms with Crippen molar-refractivity contribution in [2.24, 2.45) is 17.3 Å². The van der Waals surface area contributed by atoms with E-state index in [1.54, 1.807) is 0 Å². The molecule has 2 atom stereocenters. The molecule has 30 heavy (non-hydrogen) atoms. The van der Waals surface area contributed by atoms with Crippen LogP contribution in [0.1, 0.15) is 26.2 Å². The first kappa shape index (κ1) is 20.5. The topological polar surface area (TPSA) is 99.8 Å². The summed E-state index contributed by atoms with van der Waals surface area (Å²) in [7, 11) is 0. The number of fused-ring (bicyclic) bond motifs is 1. The Kier molecular flexibility index (Phi) is 5.60. The van der Waals surface area contributed by atoms with Crippen molar-refractivity contribution in [1.82, 2.24) is 19.9 Å². The van der Waals surface area contributed by atoms with Crippen molar-refractivity contribution >= 4 is 11.8 Å². The van der Waals surface area contributed by atoms with Crippen molar-refractivity contribution in [3.63, 3.8) is 0 Å². The molecule has 0 bridgehead atoms. The number of carbonyl (C=O) groups is 2. The number of aryl methyl sites for hydroxylation is 1. The Morgan fingerprint density at radius 2 is 1.90 bits per heavy atom. The van der Waals surface area contributed by atoms with E-state index in [0.717, 1.165) is 5.56 Å². The van der Waals surface area contributed by atoms with Crippen molar-refractivity contribution in [1.29, 1.82) is 0 Å². The van der Waals surface area contributed by atoms with Crippen molar-refractivity contribution in [2.45, 2.75) is 26.7 Å². The Balaban J connectivity index is 1.34. The van der Waals surface area contributed by atoms with Crippen LogP contribution >= 0.6 is 0 Å². The first-order chi connectivity index (χ1) is 14.4. The standard InChI is InChI=1S/C22H28N4O4/c1-15(2)21(29)26-11-17-10-25(12-22(17,13-26)14-27)19(28)9-8-18-23-20(24-30-18)16-6-4-3-5-7-16/h3-7,15,17,27H,8-14H2,1-2H3/t17-,22+/m0/s1. The van der Waals surface area contributed by atoms with Gasteiger partial charge in [-0.2, -0.15) is 4.98 Å². The quantitative estimate of drug-likeness (QED) is 0.774. The summed E-state index contributed by atoms with van der Waals surface area (Å²) in [6, 6.07) is 9.55. The first-order valence-corrected chi connectivity index (χ1v) is 10.5. The van der Waals surface area contributed by atoms with Gasteiger partial charge in [-0.3, -0.25) is 9.59 Å². The van der Waals surface area contributed by atoms with E-state index < -0.39 is 5.41 Å². The molecule has 0 unspecified atom stereocenters. The first-order valence-electron chi connectivity index (χ1n) is 10.5. The summed E-state index contributed by atoms with van der Waals surface area (Å²) in [4.78, 5) is 33.2. The van der Waals surface area contributed by atoms with Crippen molar-refractivity contribution in [3.8, 4) is 11.4 Å². The van der Waals surface area contributed by atoms with Gasteiger partial charge in [0, 0.05) is 61.8 Å². The molecule has 0 radical (unpaired) electrons. The third kappa shape index (κ3) is 3.84. The molecule has 2 fully saturated rings. The van der Waals surface area contributed by atoms with Gasteiger partial charge in [-0.15, -0.1) is 0 Å². The number of hydrogen-bond acceptors (Lipinski definition) is 6. The Morgan fingerprint density at radius 1 is 1.20 bits per heavy atom. The average molecular weight is 412 g/mol. The zero-order valence-electron chi connectivity index (χ0n) is 17.5.